The molecule has 1 heterocycles. The van der Waals surface area contributed by atoms with Crippen LogP contribution in [0.3, 0.4) is 0 Å². The summed E-state index contributed by atoms with van der Waals surface area (Å²) in [6.07, 6.45) is 4.86. The van der Waals surface area contributed by atoms with Crippen LogP contribution in [0.2, 0.25) is 0 Å². The van der Waals surface area contributed by atoms with Crippen molar-refractivity contribution in [1.82, 2.24) is 15.3 Å². The highest BCUT2D eigenvalue weighted by atomic mass is 16.5. The molecule has 3 aromatic rings. The van der Waals surface area contributed by atoms with Crippen LogP contribution in [-0.2, 0) is 11.3 Å². The molecule has 0 atom stereocenters. The first-order chi connectivity index (χ1) is 13.2. The topological polar surface area (TPSA) is 76.2 Å². The average Bonchev–Trinajstić information content (AvgIpc) is 3.12. The summed E-state index contributed by atoms with van der Waals surface area (Å²) in [6, 6.07) is 13.2. The van der Waals surface area contributed by atoms with Crippen molar-refractivity contribution >= 4 is 23.0 Å². The predicted molar refractivity (Wildman–Crippen MR) is 106 cm³/mol. The molecule has 6 nitrogen and oxygen atoms in total. The number of fused-ring (bicyclic) bond motifs is 1. The van der Waals surface area contributed by atoms with E-state index in [2.05, 4.69) is 21.9 Å². The highest BCUT2D eigenvalue weighted by Crippen LogP contribution is 2.28. The van der Waals surface area contributed by atoms with Crippen LogP contribution in [0.25, 0.3) is 17.1 Å². The number of benzene rings is 2. The van der Waals surface area contributed by atoms with Gasteiger partial charge in [0.05, 0.1) is 24.7 Å². The molecule has 0 bridgehead atoms. The van der Waals surface area contributed by atoms with Crippen molar-refractivity contribution < 1.29 is 14.3 Å². The molecule has 0 unspecified atom stereocenters. The molecule has 1 aromatic heterocycles. The second-order valence-corrected chi connectivity index (χ2v) is 5.76. The molecule has 0 saturated carbocycles. The number of para-hydroxylation sites is 2. The van der Waals surface area contributed by atoms with Crippen molar-refractivity contribution in [2.24, 2.45) is 0 Å². The minimum Gasteiger partial charge on any atom is -0.493 e. The summed E-state index contributed by atoms with van der Waals surface area (Å²) in [6.45, 7) is 4.35. The van der Waals surface area contributed by atoms with Crippen molar-refractivity contribution in [1.29, 1.82) is 0 Å². The summed E-state index contributed by atoms with van der Waals surface area (Å²) in [4.78, 5) is 19.7. The molecule has 0 spiro atoms. The van der Waals surface area contributed by atoms with Gasteiger partial charge in [0.1, 0.15) is 12.4 Å². The maximum absolute atomic E-state index is 12.1. The Morgan fingerprint density at radius 1 is 1.26 bits per heavy atom. The zero-order chi connectivity index (χ0) is 19.1. The lowest BCUT2D eigenvalue weighted by Crippen LogP contribution is -2.20. The molecule has 3 rings (SSSR count). The number of aromatic nitrogens is 2. The molecular weight excluding hydrogens is 342 g/mol. The first kappa shape index (κ1) is 18.3. The zero-order valence-electron chi connectivity index (χ0n) is 15.1. The van der Waals surface area contributed by atoms with Crippen molar-refractivity contribution in [3.05, 3.63) is 72.6 Å². The van der Waals surface area contributed by atoms with Gasteiger partial charge in [-0.1, -0.05) is 30.9 Å². The Balaban J connectivity index is 1.59. The maximum atomic E-state index is 12.1. The number of hydrogen-bond acceptors (Lipinski definition) is 4. The van der Waals surface area contributed by atoms with Gasteiger partial charge < -0.3 is 19.8 Å². The van der Waals surface area contributed by atoms with Gasteiger partial charge in [0, 0.05) is 6.08 Å². The highest BCUT2D eigenvalue weighted by molar-refractivity contribution is 5.91. The SMILES string of the molecule is C=CCOc1ccc(C=CC(=O)NCc2nc3ccccc3[nH]2)cc1OC. The van der Waals surface area contributed by atoms with E-state index in [0.717, 1.165) is 16.6 Å². The fourth-order valence-corrected chi connectivity index (χ4v) is 2.55. The first-order valence-corrected chi connectivity index (χ1v) is 8.51. The number of aromatic amines is 1. The molecule has 0 radical (unpaired) electrons. The lowest BCUT2D eigenvalue weighted by molar-refractivity contribution is -0.116. The number of imidazole rings is 1. The lowest BCUT2D eigenvalue weighted by atomic mass is 10.2. The number of H-pyrrole nitrogens is 1. The van der Waals surface area contributed by atoms with Crippen LogP contribution in [0.4, 0.5) is 0 Å². The van der Waals surface area contributed by atoms with E-state index in [1.165, 1.54) is 6.08 Å². The van der Waals surface area contributed by atoms with Crippen LogP contribution >= 0.6 is 0 Å². The normalized spacial score (nSPS) is 10.9. The minimum atomic E-state index is -0.207. The van der Waals surface area contributed by atoms with Gasteiger partial charge >= 0.3 is 0 Å². The van der Waals surface area contributed by atoms with Gasteiger partial charge in [0.15, 0.2) is 11.5 Å². The second-order valence-electron chi connectivity index (χ2n) is 5.76. The number of carbonyl (C=O) groups is 1. The van der Waals surface area contributed by atoms with Crippen LogP contribution < -0.4 is 14.8 Å². The van der Waals surface area contributed by atoms with Gasteiger partial charge in [-0.15, -0.1) is 0 Å². The van der Waals surface area contributed by atoms with Gasteiger partial charge in [-0.2, -0.15) is 0 Å². The van der Waals surface area contributed by atoms with Crippen molar-refractivity contribution in [2.45, 2.75) is 6.54 Å². The van der Waals surface area contributed by atoms with Gasteiger partial charge in [0.25, 0.3) is 0 Å². The van der Waals surface area contributed by atoms with Crippen molar-refractivity contribution in [3.63, 3.8) is 0 Å². The van der Waals surface area contributed by atoms with Crippen LogP contribution in [0.5, 0.6) is 11.5 Å². The van der Waals surface area contributed by atoms with Gasteiger partial charge in [0.2, 0.25) is 5.91 Å². The number of nitrogens with zero attached hydrogens (tertiary/aromatic N) is 1. The molecule has 0 saturated heterocycles. The fraction of sp³-hybridized carbons (Fsp3) is 0.143. The number of methoxy groups -OCH3 is 1. The summed E-state index contributed by atoms with van der Waals surface area (Å²) in [5, 5.41) is 2.81. The standard InChI is InChI=1S/C21H21N3O3/c1-3-12-27-18-10-8-15(13-19(18)26-2)9-11-21(25)22-14-20-23-16-6-4-5-7-17(16)24-20/h3-11,13H,1,12,14H2,2H3,(H,22,25)(H,23,24). The van der Waals surface area contributed by atoms with E-state index in [1.54, 1.807) is 31.4 Å². The van der Waals surface area contributed by atoms with Crippen LogP contribution in [-0.4, -0.2) is 29.6 Å². The van der Waals surface area contributed by atoms with E-state index >= 15 is 0 Å². The summed E-state index contributed by atoms with van der Waals surface area (Å²) < 4.78 is 10.8. The monoisotopic (exact) mass is 363 g/mol. The number of carbonyl (C=O) groups excluding carboxylic acids is 1. The first-order valence-electron chi connectivity index (χ1n) is 8.51. The fourth-order valence-electron chi connectivity index (χ4n) is 2.55. The molecule has 0 aliphatic heterocycles. The Morgan fingerprint density at radius 2 is 2.11 bits per heavy atom. The molecule has 2 aromatic carbocycles. The average molecular weight is 363 g/mol. The molecule has 27 heavy (non-hydrogen) atoms. The minimum absolute atomic E-state index is 0.207. The lowest BCUT2D eigenvalue weighted by Gasteiger charge is -2.09. The Labute approximate surface area is 157 Å². The number of rotatable bonds is 8. The van der Waals surface area contributed by atoms with E-state index in [0.29, 0.717) is 30.5 Å². The number of hydrogen-bond donors (Lipinski definition) is 2. The molecule has 138 valence electrons. The van der Waals surface area contributed by atoms with E-state index in [1.807, 2.05) is 30.3 Å². The number of ether oxygens (including phenoxy) is 2. The van der Waals surface area contributed by atoms with Crippen LogP contribution in [0.1, 0.15) is 11.4 Å². The van der Waals surface area contributed by atoms with Crippen molar-refractivity contribution in [2.75, 3.05) is 13.7 Å². The number of nitrogens with one attached hydrogen (secondary N) is 2. The van der Waals surface area contributed by atoms with Gasteiger partial charge in [-0.3, -0.25) is 4.79 Å². The van der Waals surface area contributed by atoms with Gasteiger partial charge in [-0.05, 0) is 35.9 Å². The molecule has 1 amide bonds. The smallest absolute Gasteiger partial charge is 0.244 e. The molecule has 0 aliphatic rings. The quantitative estimate of drug-likeness (QED) is 0.475. The van der Waals surface area contributed by atoms with Crippen molar-refractivity contribution in [3.8, 4) is 11.5 Å². The maximum Gasteiger partial charge on any atom is 0.244 e. The Morgan fingerprint density at radius 3 is 2.89 bits per heavy atom. The molecule has 2 N–H and O–H groups in total. The zero-order valence-corrected chi connectivity index (χ0v) is 15.1. The molecule has 0 fully saturated rings. The third kappa shape index (κ3) is 4.76. The summed E-state index contributed by atoms with van der Waals surface area (Å²) in [5.74, 6) is 1.73. The summed E-state index contributed by atoms with van der Waals surface area (Å²) >= 11 is 0. The number of amides is 1. The predicted octanol–water partition coefficient (Wildman–Crippen LogP) is 3.47. The summed E-state index contributed by atoms with van der Waals surface area (Å²) in [7, 11) is 1.57. The Bertz CT molecular complexity index is 943. The second kappa shape index (κ2) is 8.71. The summed E-state index contributed by atoms with van der Waals surface area (Å²) in [5.41, 5.74) is 2.66. The highest BCUT2D eigenvalue weighted by Gasteiger charge is 2.05. The largest absolute Gasteiger partial charge is 0.493 e. The molecular formula is C21H21N3O3. The molecule has 6 heteroatoms. The Kier molecular flexibility index (Phi) is 5.89. The van der Waals surface area contributed by atoms with E-state index < -0.39 is 0 Å². The van der Waals surface area contributed by atoms with E-state index in [9.17, 15) is 4.79 Å². The van der Waals surface area contributed by atoms with Crippen LogP contribution in [0, 0.1) is 0 Å². The van der Waals surface area contributed by atoms with Gasteiger partial charge in [-0.25, -0.2) is 4.98 Å². The van der Waals surface area contributed by atoms with E-state index in [-0.39, 0.29) is 5.91 Å². The third-order valence-corrected chi connectivity index (χ3v) is 3.84. The van der Waals surface area contributed by atoms with E-state index in [4.69, 9.17) is 9.47 Å². The third-order valence-electron chi connectivity index (χ3n) is 3.84. The van der Waals surface area contributed by atoms with Crippen LogP contribution in [0.15, 0.2) is 61.2 Å². The molecule has 0 aliphatic carbocycles. The Hall–Kier alpha value is -3.54.